The number of nitrogens with zero attached hydrogens (tertiary/aromatic N) is 3. The molecule has 1 aromatic carbocycles. The number of carbonyl (C=O) groups excluding carboxylic acids is 1. The van der Waals surface area contributed by atoms with Crippen molar-refractivity contribution in [1.29, 1.82) is 0 Å². The Hall–Kier alpha value is -2.40. The molecule has 126 valence electrons. The first-order valence-corrected chi connectivity index (χ1v) is 8.29. The number of amides is 1. The monoisotopic (exact) mass is 325 g/mol. The molecule has 2 heterocycles. The minimum atomic E-state index is 0.0795. The summed E-state index contributed by atoms with van der Waals surface area (Å²) in [7, 11) is 0. The van der Waals surface area contributed by atoms with E-state index in [1.807, 2.05) is 55.2 Å². The lowest BCUT2D eigenvalue weighted by atomic mass is 10.1. The van der Waals surface area contributed by atoms with Crippen LogP contribution in [0, 0.1) is 13.8 Å². The van der Waals surface area contributed by atoms with E-state index in [0.29, 0.717) is 0 Å². The van der Waals surface area contributed by atoms with Crippen LogP contribution in [0.5, 0.6) is 0 Å². The van der Waals surface area contributed by atoms with Crippen molar-refractivity contribution < 1.29 is 9.32 Å². The summed E-state index contributed by atoms with van der Waals surface area (Å²) in [5.41, 5.74) is 3.17. The molecule has 0 spiro atoms. The van der Waals surface area contributed by atoms with Gasteiger partial charge in [-0.2, -0.15) is 0 Å². The highest BCUT2D eigenvalue weighted by Crippen LogP contribution is 2.16. The number of aromatic nitrogens is 1. The molecule has 0 saturated carbocycles. The molecule has 1 fully saturated rings. The van der Waals surface area contributed by atoms with Gasteiger partial charge in [0.1, 0.15) is 5.76 Å². The minimum Gasteiger partial charge on any atom is -0.361 e. The zero-order chi connectivity index (χ0) is 16.9. The van der Waals surface area contributed by atoms with Gasteiger partial charge in [0.05, 0.1) is 5.69 Å². The lowest BCUT2D eigenvalue weighted by Crippen LogP contribution is -2.47. The lowest BCUT2D eigenvalue weighted by Gasteiger charge is -2.34. The predicted molar refractivity (Wildman–Crippen MR) is 93.3 cm³/mol. The molecular formula is C19H23N3O2. The van der Waals surface area contributed by atoms with Crippen molar-refractivity contribution in [1.82, 2.24) is 15.0 Å². The summed E-state index contributed by atoms with van der Waals surface area (Å²) >= 11 is 0. The van der Waals surface area contributed by atoms with Crippen LogP contribution in [0.15, 0.2) is 40.9 Å². The first-order chi connectivity index (χ1) is 11.6. The molecular weight excluding hydrogens is 302 g/mol. The molecule has 0 bridgehead atoms. The third kappa shape index (κ3) is 3.92. The maximum Gasteiger partial charge on any atom is 0.246 e. The average Bonchev–Trinajstić information content (AvgIpc) is 2.93. The highest BCUT2D eigenvalue weighted by atomic mass is 16.5. The van der Waals surface area contributed by atoms with Gasteiger partial charge in [0, 0.05) is 44.4 Å². The van der Waals surface area contributed by atoms with Gasteiger partial charge >= 0.3 is 0 Å². The summed E-state index contributed by atoms with van der Waals surface area (Å²) in [6, 6.07) is 9.89. The Balaban J connectivity index is 1.51. The Morgan fingerprint density at radius 3 is 2.50 bits per heavy atom. The van der Waals surface area contributed by atoms with Crippen molar-refractivity contribution in [2.75, 3.05) is 26.2 Å². The van der Waals surface area contributed by atoms with Crippen LogP contribution in [-0.2, 0) is 11.3 Å². The molecule has 0 atom stereocenters. The second-order valence-corrected chi connectivity index (χ2v) is 6.15. The molecule has 3 rings (SSSR count). The normalized spacial score (nSPS) is 16.0. The van der Waals surface area contributed by atoms with Gasteiger partial charge in [-0.25, -0.2) is 0 Å². The standard InChI is InChI=1S/C19H23N3O2/c1-15-18(16(2)24-20-15)14-21-10-12-22(13-11-21)19(23)9-8-17-6-4-3-5-7-17/h3-9H,10-14H2,1-2H3/b9-8+. The summed E-state index contributed by atoms with van der Waals surface area (Å²) < 4.78 is 5.22. The first-order valence-electron chi connectivity index (χ1n) is 8.29. The topological polar surface area (TPSA) is 49.6 Å². The van der Waals surface area contributed by atoms with E-state index in [4.69, 9.17) is 4.52 Å². The van der Waals surface area contributed by atoms with Crippen molar-refractivity contribution in [3.8, 4) is 0 Å². The Morgan fingerprint density at radius 1 is 1.17 bits per heavy atom. The molecule has 1 aliphatic heterocycles. The van der Waals surface area contributed by atoms with Crippen LogP contribution in [0.2, 0.25) is 0 Å². The molecule has 1 amide bonds. The minimum absolute atomic E-state index is 0.0795. The van der Waals surface area contributed by atoms with E-state index in [0.717, 1.165) is 49.7 Å². The predicted octanol–water partition coefficient (Wildman–Crippen LogP) is 2.65. The molecule has 2 aromatic rings. The van der Waals surface area contributed by atoms with Crippen LogP contribution in [0.25, 0.3) is 6.08 Å². The summed E-state index contributed by atoms with van der Waals surface area (Å²) in [5.74, 6) is 0.965. The zero-order valence-electron chi connectivity index (χ0n) is 14.2. The highest BCUT2D eigenvalue weighted by Gasteiger charge is 2.21. The van der Waals surface area contributed by atoms with Crippen molar-refractivity contribution in [2.45, 2.75) is 20.4 Å². The first kappa shape index (κ1) is 16.5. The third-order valence-electron chi connectivity index (χ3n) is 4.46. The van der Waals surface area contributed by atoms with E-state index in [-0.39, 0.29) is 5.91 Å². The number of hydrogen-bond acceptors (Lipinski definition) is 4. The Bertz CT molecular complexity index is 694. The highest BCUT2D eigenvalue weighted by molar-refractivity contribution is 5.91. The number of rotatable bonds is 4. The van der Waals surface area contributed by atoms with E-state index in [9.17, 15) is 4.79 Å². The summed E-state index contributed by atoms with van der Waals surface area (Å²) in [6.07, 6.45) is 3.54. The van der Waals surface area contributed by atoms with E-state index < -0.39 is 0 Å². The quantitative estimate of drug-likeness (QED) is 0.811. The van der Waals surface area contributed by atoms with Crippen LogP contribution in [0.4, 0.5) is 0 Å². The number of aryl methyl sites for hydroxylation is 2. The van der Waals surface area contributed by atoms with Gasteiger partial charge in [-0.3, -0.25) is 9.69 Å². The molecule has 0 N–H and O–H groups in total. The number of hydrogen-bond donors (Lipinski definition) is 0. The van der Waals surface area contributed by atoms with E-state index in [2.05, 4.69) is 10.1 Å². The van der Waals surface area contributed by atoms with Crippen molar-refractivity contribution in [3.63, 3.8) is 0 Å². The molecule has 1 aliphatic rings. The fraction of sp³-hybridized carbons (Fsp3) is 0.368. The van der Waals surface area contributed by atoms with E-state index in [1.54, 1.807) is 6.08 Å². The number of piperazine rings is 1. The molecule has 24 heavy (non-hydrogen) atoms. The van der Waals surface area contributed by atoms with Gasteiger partial charge in [0.2, 0.25) is 5.91 Å². The van der Waals surface area contributed by atoms with E-state index >= 15 is 0 Å². The zero-order valence-corrected chi connectivity index (χ0v) is 14.2. The van der Waals surface area contributed by atoms with Gasteiger partial charge in [-0.05, 0) is 25.5 Å². The third-order valence-corrected chi connectivity index (χ3v) is 4.46. The lowest BCUT2D eigenvalue weighted by molar-refractivity contribution is -0.127. The number of benzene rings is 1. The summed E-state index contributed by atoms with van der Waals surface area (Å²) in [4.78, 5) is 16.5. The largest absolute Gasteiger partial charge is 0.361 e. The second kappa shape index (κ2) is 7.45. The molecule has 5 nitrogen and oxygen atoms in total. The van der Waals surface area contributed by atoms with Crippen LogP contribution in [0.3, 0.4) is 0 Å². The van der Waals surface area contributed by atoms with Gasteiger partial charge in [0.25, 0.3) is 0 Å². The van der Waals surface area contributed by atoms with Crippen LogP contribution in [-0.4, -0.2) is 47.0 Å². The SMILES string of the molecule is Cc1noc(C)c1CN1CCN(C(=O)/C=C/c2ccccc2)CC1. The summed E-state index contributed by atoms with van der Waals surface area (Å²) in [6.45, 7) is 8.00. The Labute approximate surface area is 142 Å². The maximum atomic E-state index is 12.3. The van der Waals surface area contributed by atoms with Crippen molar-refractivity contribution in [3.05, 3.63) is 59.0 Å². The van der Waals surface area contributed by atoms with Crippen molar-refractivity contribution in [2.24, 2.45) is 0 Å². The van der Waals surface area contributed by atoms with Gasteiger partial charge in [-0.15, -0.1) is 0 Å². The molecule has 5 heteroatoms. The molecule has 1 saturated heterocycles. The maximum absolute atomic E-state index is 12.3. The van der Waals surface area contributed by atoms with Gasteiger partial charge in [0.15, 0.2) is 0 Å². The molecule has 0 aliphatic carbocycles. The Morgan fingerprint density at radius 2 is 1.88 bits per heavy atom. The average molecular weight is 325 g/mol. The van der Waals surface area contributed by atoms with Crippen LogP contribution < -0.4 is 0 Å². The van der Waals surface area contributed by atoms with Gasteiger partial charge < -0.3 is 9.42 Å². The molecule has 1 aromatic heterocycles. The van der Waals surface area contributed by atoms with Crippen molar-refractivity contribution >= 4 is 12.0 Å². The molecule has 0 radical (unpaired) electrons. The van der Waals surface area contributed by atoms with Gasteiger partial charge in [-0.1, -0.05) is 35.5 Å². The smallest absolute Gasteiger partial charge is 0.246 e. The Kier molecular flexibility index (Phi) is 5.11. The van der Waals surface area contributed by atoms with Crippen LogP contribution in [0.1, 0.15) is 22.6 Å². The van der Waals surface area contributed by atoms with E-state index in [1.165, 1.54) is 5.56 Å². The second-order valence-electron chi connectivity index (χ2n) is 6.15. The van der Waals surface area contributed by atoms with Crippen LogP contribution >= 0.6 is 0 Å². The fourth-order valence-electron chi connectivity index (χ4n) is 2.91. The molecule has 0 unspecified atom stereocenters. The fourth-order valence-corrected chi connectivity index (χ4v) is 2.91. The summed E-state index contributed by atoms with van der Waals surface area (Å²) in [5, 5.41) is 4.00. The number of carbonyl (C=O) groups is 1.